The van der Waals surface area contributed by atoms with Gasteiger partial charge in [-0.1, -0.05) is 26.2 Å². The molecule has 3 heterocycles. The van der Waals surface area contributed by atoms with Gasteiger partial charge in [0.15, 0.2) is 17.0 Å². The molecule has 9 nitrogen and oxygen atoms in total. The van der Waals surface area contributed by atoms with Crippen LogP contribution in [0.1, 0.15) is 51.9 Å². The van der Waals surface area contributed by atoms with Crippen molar-refractivity contribution in [1.82, 2.24) is 29.3 Å². The predicted molar refractivity (Wildman–Crippen MR) is 122 cm³/mol. The molecule has 4 rings (SSSR count). The molecule has 1 saturated heterocycles. The van der Waals surface area contributed by atoms with Crippen molar-refractivity contribution in [3.8, 4) is 12.0 Å². The minimum absolute atomic E-state index is 0.310. The van der Waals surface area contributed by atoms with E-state index >= 15 is 0 Å². The first-order valence-electron chi connectivity index (χ1n) is 11.9. The van der Waals surface area contributed by atoms with Crippen LogP contribution in [-0.4, -0.2) is 81.8 Å². The Bertz CT molecular complexity index is 842. The van der Waals surface area contributed by atoms with Crippen LogP contribution in [0.15, 0.2) is 0 Å². The molecule has 0 bridgehead atoms. The third kappa shape index (κ3) is 5.20. The monoisotopic (exact) mass is 431 g/mol. The molecule has 0 spiro atoms. The molecule has 1 aliphatic carbocycles. The first-order chi connectivity index (χ1) is 15.2. The van der Waals surface area contributed by atoms with Gasteiger partial charge in [-0.2, -0.15) is 15.0 Å². The van der Waals surface area contributed by atoms with E-state index in [1.165, 1.54) is 38.8 Å². The Morgan fingerprint density at radius 1 is 1.00 bits per heavy atom. The summed E-state index contributed by atoms with van der Waals surface area (Å²) in [7, 11) is 1.63. The normalized spacial score (nSPS) is 18.8. The number of nitrogens with two attached hydrogens (primary N) is 1. The van der Waals surface area contributed by atoms with Crippen LogP contribution in [0, 0.1) is 0 Å². The lowest BCUT2D eigenvalue weighted by Crippen LogP contribution is -2.49. The third-order valence-corrected chi connectivity index (χ3v) is 6.58. The van der Waals surface area contributed by atoms with Gasteiger partial charge in [0.25, 0.3) is 6.01 Å². The van der Waals surface area contributed by atoms with Crippen LogP contribution in [0.3, 0.4) is 0 Å². The zero-order valence-corrected chi connectivity index (χ0v) is 19.1. The second-order valence-electron chi connectivity index (χ2n) is 8.69. The number of unbranched alkanes of at least 4 members (excludes halogenated alkanes) is 1. The van der Waals surface area contributed by atoms with Crippen LogP contribution < -0.4 is 15.2 Å². The van der Waals surface area contributed by atoms with Crippen molar-refractivity contribution in [3.05, 3.63) is 0 Å². The smallest absolute Gasteiger partial charge is 0.320 e. The van der Waals surface area contributed by atoms with E-state index in [0.717, 1.165) is 51.5 Å². The first-order valence-corrected chi connectivity index (χ1v) is 11.9. The van der Waals surface area contributed by atoms with Gasteiger partial charge < -0.3 is 20.1 Å². The predicted octanol–water partition coefficient (Wildman–Crippen LogP) is 2.55. The molecule has 0 amide bonds. The van der Waals surface area contributed by atoms with Crippen molar-refractivity contribution in [2.24, 2.45) is 0 Å². The number of nitrogen functional groups attached to an aromatic ring is 1. The van der Waals surface area contributed by atoms with Crippen molar-refractivity contribution >= 4 is 17.0 Å². The highest BCUT2D eigenvalue weighted by molar-refractivity contribution is 5.83. The Labute approximate surface area is 184 Å². The number of hydrogen-bond donors (Lipinski definition) is 1. The molecule has 2 N–H and O–H groups in total. The Morgan fingerprint density at radius 2 is 1.77 bits per heavy atom. The SMILES string of the molecule is CCCCOc1nc(N)c2nc(OC)n(CCCN3CCN(C4CCCC4)CC3)c2n1. The molecule has 172 valence electrons. The topological polar surface area (TPSA) is 94.6 Å². The largest absolute Gasteiger partial charge is 0.468 e. The molecule has 1 saturated carbocycles. The molecule has 0 aromatic carbocycles. The molecule has 0 radical (unpaired) electrons. The van der Waals surface area contributed by atoms with Gasteiger partial charge in [-0.25, -0.2) is 0 Å². The second-order valence-corrected chi connectivity index (χ2v) is 8.69. The van der Waals surface area contributed by atoms with E-state index in [1.807, 2.05) is 4.57 Å². The second kappa shape index (κ2) is 10.5. The van der Waals surface area contributed by atoms with Gasteiger partial charge in [0.1, 0.15) is 0 Å². The molecule has 0 atom stereocenters. The average Bonchev–Trinajstić information content (AvgIpc) is 3.43. The maximum atomic E-state index is 6.13. The summed E-state index contributed by atoms with van der Waals surface area (Å²) >= 11 is 0. The first kappa shape index (κ1) is 22.1. The van der Waals surface area contributed by atoms with Gasteiger partial charge in [-0.05, 0) is 32.2 Å². The average molecular weight is 432 g/mol. The van der Waals surface area contributed by atoms with E-state index in [9.17, 15) is 0 Å². The Hall–Kier alpha value is -2.13. The fraction of sp³-hybridized carbons (Fsp3) is 0.773. The fourth-order valence-electron chi connectivity index (χ4n) is 4.78. The maximum Gasteiger partial charge on any atom is 0.320 e. The summed E-state index contributed by atoms with van der Waals surface area (Å²) in [6, 6.07) is 1.67. The van der Waals surface area contributed by atoms with Crippen LogP contribution in [0.5, 0.6) is 12.0 Å². The number of hydrogen-bond acceptors (Lipinski definition) is 8. The minimum Gasteiger partial charge on any atom is -0.468 e. The molecular formula is C22H37N7O2. The zero-order chi connectivity index (χ0) is 21.6. The van der Waals surface area contributed by atoms with Crippen molar-refractivity contribution in [2.75, 3.05) is 52.2 Å². The highest BCUT2D eigenvalue weighted by Gasteiger charge is 2.26. The summed E-state index contributed by atoms with van der Waals surface area (Å²) in [4.78, 5) is 18.6. The summed E-state index contributed by atoms with van der Waals surface area (Å²) in [6.07, 6.45) is 8.61. The van der Waals surface area contributed by atoms with Crippen LogP contribution in [-0.2, 0) is 6.54 Å². The number of fused-ring (bicyclic) bond motifs is 1. The van der Waals surface area contributed by atoms with Gasteiger partial charge in [-0.3, -0.25) is 9.47 Å². The van der Waals surface area contributed by atoms with Gasteiger partial charge in [0, 0.05) is 38.8 Å². The molecule has 2 fully saturated rings. The van der Waals surface area contributed by atoms with E-state index in [2.05, 4.69) is 31.7 Å². The number of imidazole rings is 1. The van der Waals surface area contributed by atoms with Gasteiger partial charge in [-0.15, -0.1) is 0 Å². The summed E-state index contributed by atoms with van der Waals surface area (Å²) < 4.78 is 13.2. The number of aromatic nitrogens is 4. The number of piperazine rings is 1. The van der Waals surface area contributed by atoms with Crippen LogP contribution >= 0.6 is 0 Å². The van der Waals surface area contributed by atoms with E-state index in [1.54, 1.807) is 7.11 Å². The molecule has 2 aromatic rings. The van der Waals surface area contributed by atoms with Gasteiger partial charge in [0.05, 0.1) is 13.7 Å². The van der Waals surface area contributed by atoms with Crippen molar-refractivity contribution in [1.29, 1.82) is 0 Å². The van der Waals surface area contributed by atoms with E-state index < -0.39 is 0 Å². The van der Waals surface area contributed by atoms with Crippen molar-refractivity contribution in [2.45, 2.75) is 64.5 Å². The quantitative estimate of drug-likeness (QED) is 0.574. The Balaban J connectivity index is 1.36. The molecule has 0 unspecified atom stereocenters. The van der Waals surface area contributed by atoms with Crippen LogP contribution in [0.2, 0.25) is 0 Å². The Morgan fingerprint density at radius 3 is 2.48 bits per heavy atom. The number of rotatable bonds is 10. The Kier molecular flexibility index (Phi) is 7.45. The standard InChI is InChI=1S/C22H37N7O2/c1-3-4-16-31-21-25-19(23)18-20(26-21)29(22(24-18)30-2)11-7-10-27-12-14-28(15-13-27)17-8-5-6-9-17/h17H,3-16H2,1-2H3,(H2,23,25,26). The molecule has 1 aliphatic heterocycles. The summed E-state index contributed by atoms with van der Waals surface area (Å²) in [5.41, 5.74) is 7.39. The lowest BCUT2D eigenvalue weighted by molar-refractivity contribution is 0.0963. The highest BCUT2D eigenvalue weighted by atomic mass is 16.5. The van der Waals surface area contributed by atoms with Crippen molar-refractivity contribution < 1.29 is 9.47 Å². The van der Waals surface area contributed by atoms with E-state index in [-0.39, 0.29) is 0 Å². The number of methoxy groups -OCH3 is 1. The van der Waals surface area contributed by atoms with Crippen LogP contribution in [0.25, 0.3) is 11.2 Å². The van der Waals surface area contributed by atoms with E-state index in [4.69, 9.17) is 15.2 Å². The minimum atomic E-state index is 0.310. The molecule has 9 heteroatoms. The molecule has 2 aliphatic rings. The summed E-state index contributed by atoms with van der Waals surface area (Å²) in [5.74, 6) is 0.330. The summed E-state index contributed by atoms with van der Waals surface area (Å²) in [6.45, 7) is 9.24. The highest BCUT2D eigenvalue weighted by Crippen LogP contribution is 2.26. The number of aryl methyl sites for hydroxylation is 1. The molecule has 31 heavy (non-hydrogen) atoms. The third-order valence-electron chi connectivity index (χ3n) is 6.58. The fourth-order valence-corrected chi connectivity index (χ4v) is 4.78. The van der Waals surface area contributed by atoms with Gasteiger partial charge in [0.2, 0.25) is 0 Å². The lowest BCUT2D eigenvalue weighted by Gasteiger charge is -2.38. The molecule has 2 aromatic heterocycles. The molecular weight excluding hydrogens is 394 g/mol. The summed E-state index contributed by atoms with van der Waals surface area (Å²) in [5, 5.41) is 0. The van der Waals surface area contributed by atoms with E-state index in [0.29, 0.717) is 35.6 Å². The number of anilines is 1. The maximum absolute atomic E-state index is 6.13. The van der Waals surface area contributed by atoms with Gasteiger partial charge >= 0.3 is 6.01 Å². The zero-order valence-electron chi connectivity index (χ0n) is 19.1. The lowest BCUT2D eigenvalue weighted by atomic mass is 10.2. The number of nitrogens with zero attached hydrogens (tertiary/aromatic N) is 6. The number of ether oxygens (including phenoxy) is 2. The van der Waals surface area contributed by atoms with Crippen molar-refractivity contribution in [3.63, 3.8) is 0 Å². The van der Waals surface area contributed by atoms with Crippen LogP contribution in [0.4, 0.5) is 5.82 Å².